The Morgan fingerprint density at radius 2 is 1.59 bits per heavy atom. The van der Waals surface area contributed by atoms with E-state index < -0.39 is 17.5 Å². The highest BCUT2D eigenvalue weighted by atomic mass is 19.2. The van der Waals surface area contributed by atoms with Gasteiger partial charge in [-0.1, -0.05) is 49.7 Å². The Bertz CT molecular complexity index is 1170. The topological polar surface area (TPSA) is 38.7 Å². The summed E-state index contributed by atoms with van der Waals surface area (Å²) in [6, 6.07) is 14.8. The first-order chi connectivity index (χ1) is 17.9. The Morgan fingerprint density at radius 3 is 2.24 bits per heavy atom. The third-order valence-corrected chi connectivity index (χ3v) is 7.33. The molecular formula is C31H35F3O3. The van der Waals surface area contributed by atoms with Crippen LogP contribution in [0.3, 0.4) is 0 Å². The number of aliphatic hydroxyl groups is 1. The molecule has 3 aromatic carbocycles. The molecule has 0 spiro atoms. The van der Waals surface area contributed by atoms with Gasteiger partial charge >= 0.3 is 0 Å². The monoisotopic (exact) mass is 512 g/mol. The standard InChI is InChI=1S/C31H35F3O3/c1-3-5-28(35)23-12-10-22(11-13-23)26-16-15-25(30(33)31(26)34)21-8-6-20(7-9-21)19-37-24-14-17-29(36-4-2)27(32)18-24/h6-9,14-18,22-23,28,35H,3-5,10-13,19H2,1-2H3. The molecule has 1 N–H and O–H groups in total. The van der Waals surface area contributed by atoms with Crippen molar-refractivity contribution in [1.82, 2.24) is 0 Å². The van der Waals surface area contributed by atoms with E-state index in [4.69, 9.17) is 9.47 Å². The Hall–Kier alpha value is -2.99. The molecule has 37 heavy (non-hydrogen) atoms. The number of hydrogen-bond acceptors (Lipinski definition) is 3. The molecule has 0 heterocycles. The van der Waals surface area contributed by atoms with Gasteiger partial charge in [-0.3, -0.25) is 0 Å². The lowest BCUT2D eigenvalue weighted by Crippen LogP contribution is -2.25. The molecule has 198 valence electrons. The molecule has 1 unspecified atom stereocenters. The van der Waals surface area contributed by atoms with Crippen molar-refractivity contribution in [1.29, 1.82) is 0 Å². The molecule has 0 amide bonds. The summed E-state index contributed by atoms with van der Waals surface area (Å²) in [4.78, 5) is 0. The number of halogens is 3. The molecule has 1 aliphatic rings. The molecule has 1 saturated carbocycles. The third-order valence-electron chi connectivity index (χ3n) is 7.33. The number of rotatable bonds is 10. The minimum atomic E-state index is -0.834. The summed E-state index contributed by atoms with van der Waals surface area (Å²) in [6.07, 6.45) is 4.62. The van der Waals surface area contributed by atoms with Crippen LogP contribution in [-0.4, -0.2) is 17.8 Å². The van der Waals surface area contributed by atoms with Crippen LogP contribution in [0.25, 0.3) is 11.1 Å². The Labute approximate surface area is 217 Å². The summed E-state index contributed by atoms with van der Waals surface area (Å²) in [5, 5.41) is 10.3. The van der Waals surface area contributed by atoms with E-state index in [-0.39, 0.29) is 35.9 Å². The first-order valence-corrected chi connectivity index (χ1v) is 13.2. The summed E-state index contributed by atoms with van der Waals surface area (Å²) >= 11 is 0. The van der Waals surface area contributed by atoms with Gasteiger partial charge in [-0.05, 0) is 79.7 Å². The second kappa shape index (κ2) is 12.5. The zero-order valence-electron chi connectivity index (χ0n) is 21.5. The maximum Gasteiger partial charge on any atom is 0.168 e. The summed E-state index contributed by atoms with van der Waals surface area (Å²) in [7, 11) is 0. The highest BCUT2D eigenvalue weighted by Gasteiger charge is 2.29. The van der Waals surface area contributed by atoms with Gasteiger partial charge in [0, 0.05) is 11.6 Å². The van der Waals surface area contributed by atoms with Crippen LogP contribution in [0.4, 0.5) is 13.2 Å². The van der Waals surface area contributed by atoms with Crippen LogP contribution in [0.15, 0.2) is 54.6 Å². The molecule has 3 aromatic rings. The van der Waals surface area contributed by atoms with Crippen LogP contribution < -0.4 is 9.47 Å². The minimum Gasteiger partial charge on any atom is -0.491 e. The second-order valence-corrected chi connectivity index (χ2v) is 9.81. The van der Waals surface area contributed by atoms with E-state index in [1.807, 2.05) is 0 Å². The second-order valence-electron chi connectivity index (χ2n) is 9.81. The zero-order valence-corrected chi connectivity index (χ0v) is 21.5. The van der Waals surface area contributed by atoms with Gasteiger partial charge in [0.2, 0.25) is 0 Å². The highest BCUT2D eigenvalue weighted by Crippen LogP contribution is 2.40. The van der Waals surface area contributed by atoms with E-state index >= 15 is 8.78 Å². The van der Waals surface area contributed by atoms with Gasteiger partial charge in [-0.25, -0.2) is 13.2 Å². The first-order valence-electron chi connectivity index (χ1n) is 13.2. The Kier molecular flexibility index (Phi) is 9.14. The molecule has 1 fully saturated rings. The largest absolute Gasteiger partial charge is 0.491 e. The van der Waals surface area contributed by atoms with Crippen molar-refractivity contribution in [3.8, 4) is 22.6 Å². The van der Waals surface area contributed by atoms with E-state index in [1.54, 1.807) is 49.4 Å². The van der Waals surface area contributed by atoms with E-state index in [2.05, 4.69) is 6.92 Å². The fraction of sp³-hybridized carbons (Fsp3) is 0.419. The number of benzene rings is 3. The van der Waals surface area contributed by atoms with Crippen molar-refractivity contribution < 1.29 is 27.8 Å². The number of ether oxygens (including phenoxy) is 2. The van der Waals surface area contributed by atoms with Crippen molar-refractivity contribution >= 4 is 0 Å². The van der Waals surface area contributed by atoms with Crippen molar-refractivity contribution in [2.75, 3.05) is 6.61 Å². The van der Waals surface area contributed by atoms with Crippen LogP contribution in [0.2, 0.25) is 0 Å². The predicted octanol–water partition coefficient (Wildman–Crippen LogP) is 8.18. The van der Waals surface area contributed by atoms with Gasteiger partial charge in [0.1, 0.15) is 12.4 Å². The maximum atomic E-state index is 15.1. The Balaban J connectivity index is 1.39. The molecule has 4 rings (SSSR count). The average molecular weight is 513 g/mol. The molecule has 0 aliphatic heterocycles. The van der Waals surface area contributed by atoms with E-state index in [9.17, 15) is 9.50 Å². The molecule has 0 saturated heterocycles. The van der Waals surface area contributed by atoms with Crippen molar-refractivity contribution in [2.24, 2.45) is 5.92 Å². The summed E-state index contributed by atoms with van der Waals surface area (Å²) in [6.45, 7) is 4.43. The van der Waals surface area contributed by atoms with Crippen molar-refractivity contribution in [3.63, 3.8) is 0 Å². The summed E-state index contributed by atoms with van der Waals surface area (Å²) in [5.74, 6) is -1.32. The van der Waals surface area contributed by atoms with Crippen LogP contribution in [-0.2, 0) is 6.61 Å². The summed E-state index contributed by atoms with van der Waals surface area (Å²) < 4.78 is 55.1. The molecule has 1 aliphatic carbocycles. The molecule has 3 nitrogen and oxygen atoms in total. The lowest BCUT2D eigenvalue weighted by atomic mass is 9.75. The lowest BCUT2D eigenvalue weighted by molar-refractivity contribution is 0.0727. The third kappa shape index (κ3) is 6.48. The van der Waals surface area contributed by atoms with Gasteiger partial charge < -0.3 is 14.6 Å². The highest BCUT2D eigenvalue weighted by molar-refractivity contribution is 5.65. The number of aliphatic hydroxyl groups excluding tert-OH is 1. The van der Waals surface area contributed by atoms with Gasteiger partial charge in [0.15, 0.2) is 23.2 Å². The normalized spacial score (nSPS) is 18.4. The van der Waals surface area contributed by atoms with E-state index in [0.717, 1.165) is 44.1 Å². The fourth-order valence-electron chi connectivity index (χ4n) is 5.24. The molecule has 6 heteroatoms. The van der Waals surface area contributed by atoms with Gasteiger partial charge in [0.05, 0.1) is 12.7 Å². The van der Waals surface area contributed by atoms with Crippen LogP contribution in [0.1, 0.15) is 69.4 Å². The lowest BCUT2D eigenvalue weighted by Gasteiger charge is -2.32. The molecule has 0 aromatic heterocycles. The van der Waals surface area contributed by atoms with Crippen molar-refractivity contribution in [3.05, 3.63) is 83.2 Å². The molecule has 1 atom stereocenters. The van der Waals surface area contributed by atoms with Crippen LogP contribution in [0.5, 0.6) is 11.5 Å². The fourth-order valence-corrected chi connectivity index (χ4v) is 5.24. The smallest absolute Gasteiger partial charge is 0.168 e. The zero-order chi connectivity index (χ0) is 26.4. The van der Waals surface area contributed by atoms with Crippen molar-refractivity contribution in [2.45, 2.75) is 71.0 Å². The Morgan fingerprint density at radius 1 is 0.865 bits per heavy atom. The van der Waals surface area contributed by atoms with Gasteiger partial charge in [-0.2, -0.15) is 0 Å². The van der Waals surface area contributed by atoms with Crippen LogP contribution >= 0.6 is 0 Å². The minimum absolute atomic E-state index is 0.0272. The SMILES string of the molecule is CCCC(O)C1CCC(c2ccc(-c3ccc(COc4ccc(OCC)c(F)c4)cc3)c(F)c2F)CC1. The van der Waals surface area contributed by atoms with Gasteiger partial charge in [0.25, 0.3) is 0 Å². The summed E-state index contributed by atoms with van der Waals surface area (Å²) in [5.41, 5.74) is 2.04. The average Bonchev–Trinajstić information content (AvgIpc) is 2.91. The maximum absolute atomic E-state index is 15.1. The van der Waals surface area contributed by atoms with E-state index in [0.29, 0.717) is 23.5 Å². The van der Waals surface area contributed by atoms with E-state index in [1.165, 1.54) is 12.1 Å². The predicted molar refractivity (Wildman–Crippen MR) is 139 cm³/mol. The molecule has 0 radical (unpaired) electrons. The van der Waals surface area contributed by atoms with Gasteiger partial charge in [-0.15, -0.1) is 0 Å². The first kappa shape index (κ1) is 27.1. The van der Waals surface area contributed by atoms with Crippen LogP contribution in [0, 0.1) is 23.4 Å². The molecule has 0 bridgehead atoms. The number of hydrogen-bond donors (Lipinski definition) is 1. The molecular weight excluding hydrogens is 477 g/mol. The quantitative estimate of drug-likeness (QED) is 0.298.